The number of aliphatic hydroxyl groups is 1. The van der Waals surface area contributed by atoms with Crippen molar-refractivity contribution in [2.45, 2.75) is 52.2 Å². The van der Waals surface area contributed by atoms with Crippen molar-refractivity contribution < 1.29 is 19.4 Å². The third-order valence-electron chi connectivity index (χ3n) is 8.93. The zero-order valence-electron chi connectivity index (χ0n) is 30.0. The lowest BCUT2D eigenvalue weighted by Gasteiger charge is -2.15. The van der Waals surface area contributed by atoms with Gasteiger partial charge in [-0.15, -0.1) is 0 Å². The molecule has 0 aliphatic carbocycles. The Kier molecular flexibility index (Phi) is 9.74. The molecule has 13 nitrogen and oxygen atoms in total. The second-order valence-corrected chi connectivity index (χ2v) is 14.1. The Balaban J connectivity index is 1.02. The first-order valence-corrected chi connectivity index (χ1v) is 17.4. The summed E-state index contributed by atoms with van der Waals surface area (Å²) in [5, 5.41) is 25.4. The van der Waals surface area contributed by atoms with E-state index in [4.69, 9.17) is 9.84 Å². The lowest BCUT2D eigenvalue weighted by atomic mass is 9.92. The zero-order chi connectivity index (χ0) is 37.1. The number of nitrogens with zero attached hydrogens (tertiary/aromatic N) is 6. The van der Waals surface area contributed by atoms with Crippen molar-refractivity contribution in [2.24, 2.45) is 0 Å². The largest absolute Gasteiger partial charge is 0.488 e. The number of β-amino-alcohol motifs (C(OH)–C–C–N with tert-alkyl or cyclic N) is 1. The van der Waals surface area contributed by atoms with E-state index in [1.165, 1.54) is 12.4 Å². The number of benzene rings is 3. The van der Waals surface area contributed by atoms with E-state index in [9.17, 15) is 14.7 Å². The third-order valence-corrected chi connectivity index (χ3v) is 8.93. The van der Waals surface area contributed by atoms with Crippen LogP contribution < -0.4 is 20.7 Å². The maximum atomic E-state index is 13.5. The summed E-state index contributed by atoms with van der Waals surface area (Å²) in [5.74, 6) is 1.93. The van der Waals surface area contributed by atoms with Crippen LogP contribution in [0.1, 0.15) is 54.5 Å². The van der Waals surface area contributed by atoms with Crippen LogP contribution in [-0.4, -0.2) is 65.9 Å². The van der Waals surface area contributed by atoms with Crippen LogP contribution in [-0.2, 0) is 12.0 Å². The normalized spacial score (nSPS) is 14.3. The minimum atomic E-state index is -0.501. The fourth-order valence-corrected chi connectivity index (χ4v) is 6.01. The number of hydrogen-bond donors (Lipinski definition) is 4. The smallest absolute Gasteiger partial charge is 0.324 e. The van der Waals surface area contributed by atoms with Gasteiger partial charge in [-0.1, -0.05) is 62.7 Å². The Bertz CT molecular complexity index is 2260. The summed E-state index contributed by atoms with van der Waals surface area (Å²) in [6, 6.07) is 24.6. The number of likely N-dealkylation sites (tertiary alicyclic amines) is 1. The Morgan fingerprint density at radius 2 is 1.70 bits per heavy atom. The number of amides is 3. The third kappa shape index (κ3) is 8.10. The Hall–Kier alpha value is -6.34. The second kappa shape index (κ2) is 14.7. The Morgan fingerprint density at radius 3 is 2.42 bits per heavy atom. The molecule has 13 heteroatoms. The summed E-state index contributed by atoms with van der Waals surface area (Å²) >= 11 is 0. The van der Waals surface area contributed by atoms with Crippen molar-refractivity contribution >= 4 is 45.9 Å². The molecule has 1 fully saturated rings. The molecule has 0 spiro atoms. The molecule has 3 aromatic heterocycles. The SMILES string of the molecule is Cc1ccc(-n2nc(C(C)(C)C)cc2NC(=O)Nc2ccc(OCc3ccnc(Nc4cnc(C(=O)N5CC[C@@H](O)C5)cn4)c3)c3ccccc23)cc1. The van der Waals surface area contributed by atoms with E-state index < -0.39 is 12.1 Å². The molecular weight excluding hydrogens is 670 g/mol. The number of anilines is 4. The number of ether oxygens (including phenoxy) is 1. The first-order valence-electron chi connectivity index (χ1n) is 17.4. The summed E-state index contributed by atoms with van der Waals surface area (Å²) in [6.45, 7) is 9.34. The number of aromatic nitrogens is 5. The first-order chi connectivity index (χ1) is 25.5. The molecule has 3 aromatic carbocycles. The summed E-state index contributed by atoms with van der Waals surface area (Å²) in [5.41, 5.74) is 4.33. The number of carbonyl (C=O) groups excluding carboxylic acids is 2. The van der Waals surface area contributed by atoms with Crippen molar-refractivity contribution in [3.8, 4) is 11.4 Å². The fraction of sp³-hybridized carbons (Fsp3) is 0.250. The van der Waals surface area contributed by atoms with Gasteiger partial charge in [0.25, 0.3) is 5.91 Å². The Morgan fingerprint density at radius 1 is 0.906 bits per heavy atom. The molecule has 1 aliphatic rings. The van der Waals surface area contributed by atoms with Gasteiger partial charge in [-0.05, 0) is 55.3 Å². The lowest BCUT2D eigenvalue weighted by molar-refractivity contribution is 0.0759. The van der Waals surface area contributed by atoms with Gasteiger partial charge in [-0.25, -0.2) is 24.4 Å². The predicted molar refractivity (Wildman–Crippen MR) is 204 cm³/mol. The lowest BCUT2D eigenvalue weighted by Crippen LogP contribution is -2.30. The van der Waals surface area contributed by atoms with E-state index >= 15 is 0 Å². The molecule has 1 aliphatic heterocycles. The number of aliphatic hydroxyl groups excluding tert-OH is 1. The zero-order valence-corrected chi connectivity index (χ0v) is 30.0. The van der Waals surface area contributed by atoms with E-state index in [0.717, 1.165) is 33.3 Å². The number of hydrogen-bond acceptors (Lipinski definition) is 9. The average Bonchev–Trinajstić information content (AvgIpc) is 3.78. The van der Waals surface area contributed by atoms with Crippen LogP contribution in [0, 0.1) is 6.92 Å². The number of nitrogens with one attached hydrogen (secondary N) is 3. The summed E-state index contributed by atoms with van der Waals surface area (Å²) in [4.78, 5) is 40.7. The molecule has 6 aromatic rings. The van der Waals surface area contributed by atoms with Crippen LogP contribution in [0.4, 0.5) is 27.9 Å². The van der Waals surface area contributed by atoms with E-state index in [1.54, 1.807) is 15.8 Å². The van der Waals surface area contributed by atoms with Gasteiger partial charge in [0.15, 0.2) is 0 Å². The highest BCUT2D eigenvalue weighted by Gasteiger charge is 2.26. The number of pyridine rings is 1. The highest BCUT2D eigenvalue weighted by molar-refractivity contribution is 6.07. The van der Waals surface area contributed by atoms with Crippen molar-refractivity contribution in [1.82, 2.24) is 29.6 Å². The van der Waals surface area contributed by atoms with Crippen molar-refractivity contribution in [1.29, 1.82) is 0 Å². The molecule has 3 amide bonds. The predicted octanol–water partition coefficient (Wildman–Crippen LogP) is 6.99. The van der Waals surface area contributed by atoms with Crippen LogP contribution in [0.25, 0.3) is 16.5 Å². The van der Waals surface area contributed by atoms with Crippen LogP contribution >= 0.6 is 0 Å². The van der Waals surface area contributed by atoms with Gasteiger partial charge in [-0.3, -0.25) is 10.1 Å². The van der Waals surface area contributed by atoms with E-state index in [0.29, 0.717) is 48.4 Å². The van der Waals surface area contributed by atoms with E-state index in [-0.39, 0.29) is 23.6 Å². The maximum absolute atomic E-state index is 13.5. The summed E-state index contributed by atoms with van der Waals surface area (Å²) in [7, 11) is 0. The van der Waals surface area contributed by atoms with Gasteiger partial charge < -0.3 is 25.4 Å². The minimum absolute atomic E-state index is 0.215. The second-order valence-electron chi connectivity index (χ2n) is 14.1. The molecule has 1 saturated heterocycles. The number of rotatable bonds is 9. The molecule has 53 heavy (non-hydrogen) atoms. The first kappa shape index (κ1) is 35.1. The highest BCUT2D eigenvalue weighted by atomic mass is 16.5. The van der Waals surface area contributed by atoms with E-state index in [2.05, 4.69) is 51.7 Å². The van der Waals surface area contributed by atoms with E-state index in [1.807, 2.05) is 85.8 Å². The molecule has 0 unspecified atom stereocenters. The van der Waals surface area contributed by atoms with Crippen LogP contribution in [0.3, 0.4) is 0 Å². The monoisotopic (exact) mass is 711 g/mol. The standard InChI is InChI=1S/C40H41N9O4/c1-25-9-11-27(12-10-25)49-37(20-34(47-49)40(2,3)4)46-39(52)44-31-13-14-33(30-8-6-5-7-29(30)31)53-24-26-15-17-41-35(19-26)45-36-22-42-32(21-43-36)38(51)48-18-16-28(50)23-48/h5-15,17,19-22,28,50H,16,18,23-24H2,1-4H3,(H,41,43,45)(H2,44,46,52)/t28-/m1/s1. The van der Waals surface area contributed by atoms with Crippen molar-refractivity contribution in [2.75, 3.05) is 29.0 Å². The van der Waals surface area contributed by atoms with Crippen molar-refractivity contribution in [3.63, 3.8) is 0 Å². The average molecular weight is 712 g/mol. The minimum Gasteiger partial charge on any atom is -0.488 e. The van der Waals surface area contributed by atoms with Crippen LogP contribution in [0.15, 0.2) is 97.5 Å². The molecule has 0 bridgehead atoms. The molecule has 1 atom stereocenters. The summed E-state index contributed by atoms with van der Waals surface area (Å²) < 4.78 is 8.04. The molecule has 0 saturated carbocycles. The number of carbonyl (C=O) groups is 2. The number of urea groups is 1. The van der Waals surface area contributed by atoms with Crippen LogP contribution in [0.2, 0.25) is 0 Å². The Labute approximate surface area is 307 Å². The van der Waals surface area contributed by atoms with Gasteiger partial charge in [0, 0.05) is 41.5 Å². The molecule has 4 N–H and O–H groups in total. The van der Waals surface area contributed by atoms with Gasteiger partial charge >= 0.3 is 6.03 Å². The molecule has 4 heterocycles. The topological polar surface area (TPSA) is 159 Å². The maximum Gasteiger partial charge on any atom is 0.324 e. The molecular formula is C40H41N9O4. The molecule has 0 radical (unpaired) electrons. The van der Waals surface area contributed by atoms with Gasteiger partial charge in [-0.2, -0.15) is 5.10 Å². The summed E-state index contributed by atoms with van der Waals surface area (Å²) in [6.07, 6.45) is 4.63. The van der Waals surface area contributed by atoms with Gasteiger partial charge in [0.1, 0.15) is 35.5 Å². The number of fused-ring (bicyclic) bond motifs is 1. The van der Waals surface area contributed by atoms with Gasteiger partial charge in [0.2, 0.25) is 0 Å². The molecule has 270 valence electrons. The van der Waals surface area contributed by atoms with Gasteiger partial charge in [0.05, 0.1) is 35.6 Å². The van der Waals surface area contributed by atoms with Crippen molar-refractivity contribution in [3.05, 3.63) is 120 Å². The fourth-order valence-electron chi connectivity index (χ4n) is 6.01. The van der Waals surface area contributed by atoms with Crippen LogP contribution in [0.5, 0.6) is 5.75 Å². The highest BCUT2D eigenvalue weighted by Crippen LogP contribution is 2.33. The molecule has 7 rings (SSSR count). The number of aryl methyl sites for hydroxylation is 1. The quantitative estimate of drug-likeness (QED) is 0.124.